The number of hydrogen-bond acceptors (Lipinski definition) is 3. The summed E-state index contributed by atoms with van der Waals surface area (Å²) in [4.78, 5) is 0.545. The molecule has 0 N–H and O–H groups in total. The first-order chi connectivity index (χ1) is 9.67. The van der Waals surface area contributed by atoms with Crippen molar-refractivity contribution in [3.63, 3.8) is 0 Å². The maximum atomic E-state index is 13.7. The van der Waals surface area contributed by atoms with Crippen molar-refractivity contribution in [2.24, 2.45) is 0 Å². The molecule has 0 aliphatic rings. The van der Waals surface area contributed by atoms with Gasteiger partial charge in [-0.3, -0.25) is 0 Å². The third-order valence-corrected chi connectivity index (χ3v) is 3.15. The molecule has 0 unspecified atom stereocenters. The summed E-state index contributed by atoms with van der Waals surface area (Å²) in [6, 6.07) is 4.40. The van der Waals surface area contributed by atoms with Crippen molar-refractivity contribution in [2.45, 2.75) is 24.7 Å². The minimum Gasteiger partial charge on any atom is -0.485 e. The topological polar surface area (TPSA) is 33.0 Å². The van der Waals surface area contributed by atoms with E-state index in [1.165, 1.54) is 12.1 Å². The first-order valence-electron chi connectivity index (χ1n) is 6.15. The lowest BCUT2D eigenvalue weighted by Crippen LogP contribution is -1.99. The van der Waals surface area contributed by atoms with Gasteiger partial charge in [0.2, 0.25) is 0 Å². The second kappa shape index (κ2) is 9.46. The number of benzene rings is 1. The fourth-order valence-electron chi connectivity index (χ4n) is 1.38. The zero-order valence-electron chi connectivity index (χ0n) is 11.1. The van der Waals surface area contributed by atoms with E-state index in [0.717, 1.165) is 24.6 Å². The number of thiocyanates is 1. The fourth-order valence-corrected chi connectivity index (χ4v) is 1.93. The third-order valence-electron chi connectivity index (χ3n) is 2.31. The van der Waals surface area contributed by atoms with Crippen LogP contribution in [0.1, 0.15) is 19.8 Å². The normalized spacial score (nSPS) is 11.6. The van der Waals surface area contributed by atoms with Crippen molar-refractivity contribution in [1.29, 1.82) is 5.26 Å². The van der Waals surface area contributed by atoms with E-state index in [2.05, 4.69) is 6.92 Å². The van der Waals surface area contributed by atoms with Crippen molar-refractivity contribution in [1.82, 2.24) is 0 Å². The summed E-state index contributed by atoms with van der Waals surface area (Å²) < 4.78 is 19.0. The SMILES string of the molecule is CC/C=C\C/C=C(/Cl)COc1ccc(SC#N)cc1F. The summed E-state index contributed by atoms with van der Waals surface area (Å²) in [5.74, 6) is -0.372. The standard InChI is InChI=1S/C15H15ClFNOS/c1-2-3-4-5-6-12(16)10-19-15-8-7-13(20-11-18)9-14(15)17/h3-4,6-9H,2,5,10H2,1H3/b4-3-,12-6+. The number of thioether (sulfide) groups is 1. The molecule has 0 saturated carbocycles. The fraction of sp³-hybridized carbons (Fsp3) is 0.267. The van der Waals surface area contributed by atoms with Crippen LogP contribution in [0.15, 0.2) is 46.4 Å². The van der Waals surface area contributed by atoms with Gasteiger partial charge in [0.1, 0.15) is 12.0 Å². The molecule has 0 amide bonds. The van der Waals surface area contributed by atoms with Gasteiger partial charge in [-0.2, -0.15) is 5.26 Å². The Balaban J connectivity index is 2.53. The number of rotatable bonds is 7. The van der Waals surface area contributed by atoms with Gasteiger partial charge < -0.3 is 4.74 Å². The van der Waals surface area contributed by atoms with Crippen molar-refractivity contribution in [2.75, 3.05) is 6.61 Å². The molecule has 1 aromatic rings. The molecular formula is C15H15ClFNOS. The minimum absolute atomic E-state index is 0.128. The van der Waals surface area contributed by atoms with Crippen LogP contribution in [0.25, 0.3) is 0 Å². The average Bonchev–Trinajstić information content (AvgIpc) is 2.43. The van der Waals surface area contributed by atoms with Crippen molar-refractivity contribution >= 4 is 23.4 Å². The molecule has 0 fully saturated rings. The van der Waals surface area contributed by atoms with Gasteiger partial charge in [0.05, 0.1) is 5.03 Å². The summed E-state index contributed by atoms with van der Waals surface area (Å²) in [7, 11) is 0. The third kappa shape index (κ3) is 6.14. The van der Waals surface area contributed by atoms with E-state index in [0.29, 0.717) is 9.93 Å². The van der Waals surface area contributed by atoms with Crippen LogP contribution in [0.5, 0.6) is 5.75 Å². The molecule has 0 aliphatic carbocycles. The lowest BCUT2D eigenvalue weighted by atomic mass is 10.3. The quantitative estimate of drug-likeness (QED) is 0.391. The van der Waals surface area contributed by atoms with Crippen LogP contribution in [0.3, 0.4) is 0 Å². The zero-order chi connectivity index (χ0) is 14.8. The summed E-state index contributed by atoms with van der Waals surface area (Å²) >= 11 is 6.88. The molecule has 0 atom stereocenters. The summed E-state index contributed by atoms with van der Waals surface area (Å²) in [5, 5.41) is 10.9. The highest BCUT2D eigenvalue weighted by Gasteiger charge is 2.05. The molecular weight excluding hydrogens is 297 g/mol. The van der Waals surface area contributed by atoms with Crippen LogP contribution in [0, 0.1) is 16.5 Å². The summed E-state index contributed by atoms with van der Waals surface area (Å²) in [5.41, 5.74) is 0. The lowest BCUT2D eigenvalue weighted by Gasteiger charge is -2.07. The maximum Gasteiger partial charge on any atom is 0.166 e. The van der Waals surface area contributed by atoms with E-state index in [1.807, 2.05) is 23.6 Å². The van der Waals surface area contributed by atoms with E-state index in [-0.39, 0.29) is 12.4 Å². The van der Waals surface area contributed by atoms with Gasteiger partial charge in [-0.25, -0.2) is 4.39 Å². The number of ether oxygens (including phenoxy) is 1. The molecule has 0 heterocycles. The molecule has 20 heavy (non-hydrogen) atoms. The molecule has 0 bridgehead atoms. The molecule has 1 rings (SSSR count). The Hall–Kier alpha value is -1.44. The van der Waals surface area contributed by atoms with Gasteiger partial charge in [-0.05, 0) is 42.8 Å². The molecule has 106 valence electrons. The van der Waals surface area contributed by atoms with Crippen molar-refractivity contribution in [3.8, 4) is 11.2 Å². The Morgan fingerprint density at radius 3 is 2.95 bits per heavy atom. The van der Waals surface area contributed by atoms with Crippen LogP contribution in [0.4, 0.5) is 4.39 Å². The first-order valence-corrected chi connectivity index (χ1v) is 7.34. The molecule has 0 aromatic heterocycles. The van der Waals surface area contributed by atoms with Crippen LogP contribution in [-0.4, -0.2) is 6.61 Å². The maximum absolute atomic E-state index is 13.7. The second-order valence-electron chi connectivity index (χ2n) is 3.84. The predicted molar refractivity (Wildman–Crippen MR) is 81.3 cm³/mol. The van der Waals surface area contributed by atoms with Gasteiger partial charge in [-0.1, -0.05) is 36.8 Å². The molecule has 5 heteroatoms. The van der Waals surface area contributed by atoms with Crippen molar-refractivity contribution < 1.29 is 9.13 Å². The van der Waals surface area contributed by atoms with Gasteiger partial charge in [-0.15, -0.1) is 0 Å². The van der Waals surface area contributed by atoms with Gasteiger partial charge in [0.25, 0.3) is 0 Å². The monoisotopic (exact) mass is 311 g/mol. The highest BCUT2D eigenvalue weighted by Crippen LogP contribution is 2.24. The van der Waals surface area contributed by atoms with Gasteiger partial charge in [0, 0.05) is 4.90 Å². The number of allylic oxidation sites excluding steroid dienone is 3. The first kappa shape index (κ1) is 16.6. The van der Waals surface area contributed by atoms with Crippen LogP contribution >= 0.6 is 23.4 Å². The van der Waals surface area contributed by atoms with Crippen molar-refractivity contribution in [3.05, 3.63) is 47.3 Å². The van der Waals surface area contributed by atoms with E-state index in [9.17, 15) is 4.39 Å². The minimum atomic E-state index is -0.499. The second-order valence-corrected chi connectivity index (χ2v) is 5.18. The molecule has 2 nitrogen and oxygen atoms in total. The number of nitrogens with zero attached hydrogens (tertiary/aromatic N) is 1. The highest BCUT2D eigenvalue weighted by atomic mass is 35.5. The molecule has 0 saturated heterocycles. The van der Waals surface area contributed by atoms with Gasteiger partial charge >= 0.3 is 0 Å². The largest absolute Gasteiger partial charge is 0.485 e. The number of nitriles is 1. The van der Waals surface area contributed by atoms with E-state index in [4.69, 9.17) is 21.6 Å². The Morgan fingerprint density at radius 1 is 1.50 bits per heavy atom. The van der Waals surface area contributed by atoms with Crippen LogP contribution < -0.4 is 4.74 Å². The summed E-state index contributed by atoms with van der Waals surface area (Å²) in [6.45, 7) is 2.19. The number of halogens is 2. The van der Waals surface area contributed by atoms with E-state index < -0.39 is 5.82 Å². The van der Waals surface area contributed by atoms with Gasteiger partial charge in [0.15, 0.2) is 11.6 Å². The Bertz CT molecular complexity index is 537. The van der Waals surface area contributed by atoms with Crippen LogP contribution in [0.2, 0.25) is 0 Å². The van der Waals surface area contributed by atoms with E-state index in [1.54, 1.807) is 6.07 Å². The predicted octanol–water partition coefficient (Wildman–Crippen LogP) is 5.26. The number of hydrogen-bond donors (Lipinski definition) is 0. The molecule has 0 aliphatic heterocycles. The van der Waals surface area contributed by atoms with E-state index >= 15 is 0 Å². The smallest absolute Gasteiger partial charge is 0.166 e. The Kier molecular flexibility index (Phi) is 7.86. The average molecular weight is 312 g/mol. The lowest BCUT2D eigenvalue weighted by molar-refractivity contribution is 0.337. The molecule has 1 aromatic carbocycles. The molecule has 0 spiro atoms. The summed E-state index contributed by atoms with van der Waals surface area (Å²) in [6.07, 6.45) is 7.60. The zero-order valence-corrected chi connectivity index (χ0v) is 12.7. The highest BCUT2D eigenvalue weighted by molar-refractivity contribution is 8.03. The Morgan fingerprint density at radius 2 is 2.30 bits per heavy atom. The van der Waals surface area contributed by atoms with Crippen LogP contribution in [-0.2, 0) is 0 Å². The molecule has 0 radical (unpaired) electrons. The Labute approximate surface area is 127 Å².